The van der Waals surface area contributed by atoms with Crippen molar-refractivity contribution in [2.24, 2.45) is 0 Å². The summed E-state index contributed by atoms with van der Waals surface area (Å²) < 4.78 is 21.6. The maximum Gasteiger partial charge on any atom is 0.512 e. The topological polar surface area (TPSA) is 125 Å². The van der Waals surface area contributed by atoms with Crippen LogP contribution in [0.3, 0.4) is 0 Å². The van der Waals surface area contributed by atoms with Crippen molar-refractivity contribution in [1.82, 2.24) is 9.58 Å². The van der Waals surface area contributed by atoms with Crippen LogP contribution in [0.25, 0.3) is 10.9 Å². The Morgan fingerprint density at radius 3 is 2.44 bits per heavy atom. The van der Waals surface area contributed by atoms with Crippen molar-refractivity contribution in [1.29, 1.82) is 0 Å². The molecule has 0 bridgehead atoms. The number of esters is 1. The standard InChI is InChI=1S/C27H28ClN3O8/c1-17(26(34)37-16-38-27(35)39-18(2)30-11-13-36-14-12-30)22-15-24(32)31(23-6-4-3-5-21(22)23)29-25(33)19-7-9-20(28)10-8-19/h3-10,15,17-18H,11-14,16H2,1-2H3,(H,29,33). The molecule has 0 radical (unpaired) electrons. The van der Waals surface area contributed by atoms with Gasteiger partial charge in [0.1, 0.15) is 0 Å². The van der Waals surface area contributed by atoms with Gasteiger partial charge in [-0.05, 0) is 49.7 Å². The van der Waals surface area contributed by atoms with Crippen molar-refractivity contribution in [3.05, 3.63) is 81.1 Å². The molecular formula is C27H28ClN3O8. The highest BCUT2D eigenvalue weighted by Gasteiger charge is 2.24. The first-order valence-electron chi connectivity index (χ1n) is 12.3. The quantitative estimate of drug-likeness (QED) is 0.327. The Balaban J connectivity index is 1.41. The normalized spacial score (nSPS) is 15.3. The number of para-hydroxylation sites is 1. The van der Waals surface area contributed by atoms with Crippen molar-refractivity contribution in [2.75, 3.05) is 38.5 Å². The van der Waals surface area contributed by atoms with Crippen LogP contribution < -0.4 is 11.0 Å². The van der Waals surface area contributed by atoms with Gasteiger partial charge in [-0.2, -0.15) is 0 Å². The van der Waals surface area contributed by atoms with E-state index < -0.39 is 42.5 Å². The minimum Gasteiger partial charge on any atom is -0.427 e. The van der Waals surface area contributed by atoms with Crippen LogP contribution in [0.4, 0.5) is 4.79 Å². The second kappa shape index (κ2) is 12.7. The molecule has 1 fully saturated rings. The van der Waals surface area contributed by atoms with Gasteiger partial charge in [-0.25, -0.2) is 9.47 Å². The average Bonchev–Trinajstić information content (AvgIpc) is 2.94. The summed E-state index contributed by atoms with van der Waals surface area (Å²) in [5.41, 5.74) is 3.13. The lowest BCUT2D eigenvalue weighted by molar-refractivity contribution is -0.156. The third-order valence-electron chi connectivity index (χ3n) is 6.30. The molecule has 11 nitrogen and oxygen atoms in total. The smallest absolute Gasteiger partial charge is 0.427 e. The highest BCUT2D eigenvalue weighted by atomic mass is 35.5. The lowest BCUT2D eigenvalue weighted by Crippen LogP contribution is -2.44. The van der Waals surface area contributed by atoms with Gasteiger partial charge in [0, 0.05) is 35.1 Å². The molecule has 0 spiro atoms. The maximum absolute atomic E-state index is 13.0. The van der Waals surface area contributed by atoms with Crippen LogP contribution in [0.1, 0.15) is 35.7 Å². The first-order chi connectivity index (χ1) is 18.7. The maximum atomic E-state index is 13.0. The number of ether oxygens (including phenoxy) is 4. The fraction of sp³-hybridized carbons (Fsp3) is 0.333. The van der Waals surface area contributed by atoms with Crippen molar-refractivity contribution in [3.63, 3.8) is 0 Å². The number of morpholine rings is 1. The third-order valence-corrected chi connectivity index (χ3v) is 6.55. The highest BCUT2D eigenvalue weighted by molar-refractivity contribution is 6.30. The molecule has 2 unspecified atom stereocenters. The Bertz CT molecular complexity index is 1400. The molecule has 4 rings (SSSR count). The summed E-state index contributed by atoms with van der Waals surface area (Å²) in [5.74, 6) is -2.10. The molecule has 1 amide bonds. The second-order valence-electron chi connectivity index (χ2n) is 8.80. The van der Waals surface area contributed by atoms with Crippen LogP contribution in [-0.2, 0) is 23.7 Å². The fourth-order valence-corrected chi connectivity index (χ4v) is 4.25. The zero-order valence-electron chi connectivity index (χ0n) is 21.4. The number of hydrogen-bond acceptors (Lipinski definition) is 9. The van der Waals surface area contributed by atoms with Crippen LogP contribution in [0.2, 0.25) is 5.02 Å². The largest absolute Gasteiger partial charge is 0.512 e. The first-order valence-corrected chi connectivity index (χ1v) is 12.7. The Hall–Kier alpha value is -3.93. The van der Waals surface area contributed by atoms with Gasteiger partial charge in [-0.15, -0.1) is 0 Å². The zero-order valence-corrected chi connectivity index (χ0v) is 22.2. The SMILES string of the molecule is CC(C(=O)OCOC(=O)OC(C)N1CCOCC1)c1cc(=O)n(NC(=O)c2ccc(Cl)cc2)c2ccccc12. The van der Waals surface area contributed by atoms with Gasteiger partial charge < -0.3 is 18.9 Å². The number of nitrogens with one attached hydrogen (secondary N) is 1. The number of rotatable bonds is 8. The van der Waals surface area contributed by atoms with Gasteiger partial charge in [-0.3, -0.25) is 24.7 Å². The van der Waals surface area contributed by atoms with E-state index in [1.807, 2.05) is 4.90 Å². The molecule has 1 aromatic heterocycles. The molecule has 1 aliphatic rings. The minimum atomic E-state index is -0.973. The molecule has 2 heterocycles. The van der Waals surface area contributed by atoms with Crippen LogP contribution in [-0.4, -0.2) is 66.9 Å². The molecule has 12 heteroatoms. The van der Waals surface area contributed by atoms with Gasteiger partial charge in [0.2, 0.25) is 6.79 Å². The van der Waals surface area contributed by atoms with E-state index in [0.717, 1.165) is 4.68 Å². The fourth-order valence-electron chi connectivity index (χ4n) is 4.12. The van der Waals surface area contributed by atoms with E-state index in [9.17, 15) is 19.2 Å². The number of amides is 1. The van der Waals surface area contributed by atoms with Crippen LogP contribution in [0.15, 0.2) is 59.4 Å². The number of carbonyl (C=O) groups excluding carboxylic acids is 3. The predicted octanol–water partition coefficient (Wildman–Crippen LogP) is 3.47. The van der Waals surface area contributed by atoms with Gasteiger partial charge in [0.05, 0.1) is 24.6 Å². The van der Waals surface area contributed by atoms with Crippen molar-refractivity contribution < 1.29 is 33.3 Å². The van der Waals surface area contributed by atoms with E-state index in [0.29, 0.717) is 53.4 Å². The summed E-state index contributed by atoms with van der Waals surface area (Å²) in [7, 11) is 0. The Kier molecular flexibility index (Phi) is 9.18. The van der Waals surface area contributed by atoms with Crippen molar-refractivity contribution >= 4 is 40.5 Å². The van der Waals surface area contributed by atoms with Gasteiger partial charge in [-0.1, -0.05) is 29.8 Å². The second-order valence-corrected chi connectivity index (χ2v) is 9.24. The number of halogens is 1. The monoisotopic (exact) mass is 557 g/mol. The lowest BCUT2D eigenvalue weighted by atomic mass is 9.97. The Morgan fingerprint density at radius 2 is 1.72 bits per heavy atom. The zero-order chi connectivity index (χ0) is 27.9. The summed E-state index contributed by atoms with van der Waals surface area (Å²) in [4.78, 5) is 52.4. The Labute approximate surface area is 229 Å². The van der Waals surface area contributed by atoms with Gasteiger partial charge in [0.25, 0.3) is 11.5 Å². The molecule has 2 atom stereocenters. The summed E-state index contributed by atoms with van der Waals surface area (Å²) in [6.07, 6.45) is -1.49. The molecule has 206 valence electrons. The molecule has 0 aliphatic carbocycles. The number of nitrogens with zero attached hydrogens (tertiary/aromatic N) is 2. The first kappa shape index (κ1) is 28.1. The molecule has 1 aliphatic heterocycles. The van der Waals surface area contributed by atoms with Gasteiger partial charge in [0.15, 0.2) is 6.23 Å². The van der Waals surface area contributed by atoms with Gasteiger partial charge >= 0.3 is 12.1 Å². The number of benzene rings is 2. The van der Waals surface area contributed by atoms with E-state index in [4.69, 9.17) is 30.5 Å². The number of carbonyl (C=O) groups is 3. The van der Waals surface area contributed by atoms with E-state index in [1.165, 1.54) is 6.07 Å². The number of aromatic nitrogens is 1. The molecule has 39 heavy (non-hydrogen) atoms. The third kappa shape index (κ3) is 6.94. The van der Waals surface area contributed by atoms with E-state index >= 15 is 0 Å². The van der Waals surface area contributed by atoms with Crippen LogP contribution in [0, 0.1) is 0 Å². The summed E-state index contributed by atoms with van der Waals surface area (Å²) in [6, 6.07) is 14.3. The predicted molar refractivity (Wildman–Crippen MR) is 142 cm³/mol. The molecule has 2 aromatic carbocycles. The number of hydrogen-bond donors (Lipinski definition) is 1. The average molecular weight is 558 g/mol. The molecular weight excluding hydrogens is 530 g/mol. The number of pyridine rings is 1. The summed E-state index contributed by atoms with van der Waals surface area (Å²) >= 11 is 5.89. The van der Waals surface area contributed by atoms with E-state index in [1.54, 1.807) is 62.4 Å². The lowest BCUT2D eigenvalue weighted by Gasteiger charge is -2.31. The van der Waals surface area contributed by atoms with Crippen molar-refractivity contribution in [3.8, 4) is 0 Å². The summed E-state index contributed by atoms with van der Waals surface area (Å²) in [5, 5.41) is 1.03. The Morgan fingerprint density at radius 1 is 1.03 bits per heavy atom. The molecule has 0 saturated carbocycles. The minimum absolute atomic E-state index is 0.314. The number of fused-ring (bicyclic) bond motifs is 1. The summed E-state index contributed by atoms with van der Waals surface area (Å²) in [6.45, 7) is 4.98. The van der Waals surface area contributed by atoms with Crippen LogP contribution >= 0.6 is 11.6 Å². The molecule has 1 N–H and O–H groups in total. The highest BCUT2D eigenvalue weighted by Crippen LogP contribution is 2.25. The van der Waals surface area contributed by atoms with E-state index in [-0.39, 0.29) is 0 Å². The van der Waals surface area contributed by atoms with Crippen molar-refractivity contribution in [2.45, 2.75) is 26.0 Å². The molecule has 3 aromatic rings. The molecule has 1 saturated heterocycles. The van der Waals surface area contributed by atoms with Crippen LogP contribution in [0.5, 0.6) is 0 Å². The van der Waals surface area contributed by atoms with E-state index in [2.05, 4.69) is 5.43 Å².